The number of alkyl halides is 6. The predicted octanol–water partition coefficient (Wildman–Crippen LogP) is 2.26. The topological polar surface area (TPSA) is 152 Å². The van der Waals surface area contributed by atoms with Gasteiger partial charge in [0.15, 0.2) is 23.5 Å². The molecule has 0 radical (unpaired) electrons. The van der Waals surface area contributed by atoms with Crippen molar-refractivity contribution in [3.05, 3.63) is 59.3 Å². The molecule has 0 bridgehead atoms. The maximum atomic E-state index is 13.1. The summed E-state index contributed by atoms with van der Waals surface area (Å²) in [6.07, 6.45) is -13.0. The number of halogens is 7. The number of nitrogens with zero attached hydrogens (tertiary/aromatic N) is 6. The van der Waals surface area contributed by atoms with Crippen LogP contribution in [0, 0.1) is 0 Å². The molecule has 3 heterocycles. The first kappa shape index (κ1) is 28.8. The molecule has 1 aliphatic rings. The van der Waals surface area contributed by atoms with Crippen LogP contribution in [0.5, 0.6) is 5.75 Å². The standard InChI is InChI=1S/C21H17ClF6N8O4/c22-10-3-5-11(6-4-10)35-12(8-14(37)20(23,24)25)19(39)34(33-35)9-15-31-18(16(29)38)36(32-15)17-13(2-1-7-30-17)40-21(26,27)28/h1-7,12,14,33,37H,8-9H2,(H2,29,38)/t12?,14-/m0/s1. The molecule has 0 spiro atoms. The lowest BCUT2D eigenvalue weighted by Gasteiger charge is -2.26. The minimum absolute atomic E-state index is 0.207. The van der Waals surface area contributed by atoms with Crippen LogP contribution in [-0.2, 0) is 11.3 Å². The number of rotatable bonds is 8. The molecule has 1 aromatic carbocycles. The first-order valence-corrected chi connectivity index (χ1v) is 11.4. The van der Waals surface area contributed by atoms with Gasteiger partial charge in [0.05, 0.1) is 5.69 Å². The van der Waals surface area contributed by atoms with Crippen LogP contribution in [0.3, 0.4) is 0 Å². The number of anilines is 1. The Hall–Kier alpha value is -4.16. The second-order valence-electron chi connectivity index (χ2n) is 8.18. The van der Waals surface area contributed by atoms with Crippen LogP contribution < -0.4 is 21.0 Å². The molecule has 1 unspecified atom stereocenters. The van der Waals surface area contributed by atoms with Crippen LogP contribution in [0.15, 0.2) is 42.6 Å². The molecular formula is C21H17ClF6N8O4. The minimum atomic E-state index is -5.12. The molecule has 12 nitrogen and oxygen atoms in total. The first-order chi connectivity index (χ1) is 18.6. The van der Waals surface area contributed by atoms with Gasteiger partial charge < -0.3 is 15.6 Å². The Labute approximate surface area is 224 Å². The zero-order valence-electron chi connectivity index (χ0n) is 19.7. The number of carbonyl (C=O) groups excluding carboxylic acids is 2. The number of aromatic nitrogens is 4. The number of hydrogen-bond acceptors (Lipinski definition) is 9. The lowest BCUT2D eigenvalue weighted by molar-refractivity contribution is -0.274. The van der Waals surface area contributed by atoms with Crippen LogP contribution in [0.25, 0.3) is 5.82 Å². The zero-order valence-corrected chi connectivity index (χ0v) is 20.4. The summed E-state index contributed by atoms with van der Waals surface area (Å²) in [7, 11) is 0. The van der Waals surface area contributed by atoms with Gasteiger partial charge in [-0.3, -0.25) is 19.6 Å². The van der Waals surface area contributed by atoms with Crippen LogP contribution in [-0.4, -0.2) is 66.4 Å². The molecule has 2 amide bonds. The van der Waals surface area contributed by atoms with Gasteiger partial charge in [-0.05, 0) is 36.4 Å². The average molecular weight is 595 g/mol. The van der Waals surface area contributed by atoms with E-state index in [1.165, 1.54) is 24.3 Å². The number of ether oxygens (including phenoxy) is 1. The highest BCUT2D eigenvalue weighted by Crippen LogP contribution is 2.31. The van der Waals surface area contributed by atoms with Gasteiger partial charge in [-0.15, -0.1) is 23.8 Å². The van der Waals surface area contributed by atoms with Crippen molar-refractivity contribution in [2.45, 2.75) is 37.7 Å². The maximum absolute atomic E-state index is 13.1. The van der Waals surface area contributed by atoms with Crippen LogP contribution >= 0.6 is 11.6 Å². The lowest BCUT2D eigenvalue weighted by Crippen LogP contribution is -2.44. The Morgan fingerprint density at radius 1 is 1.18 bits per heavy atom. The van der Waals surface area contributed by atoms with E-state index in [-0.39, 0.29) is 11.5 Å². The highest BCUT2D eigenvalue weighted by molar-refractivity contribution is 6.30. The number of pyridine rings is 1. The van der Waals surface area contributed by atoms with Gasteiger partial charge in [-0.1, -0.05) is 11.6 Å². The number of nitrogens with two attached hydrogens (primary N) is 1. The molecule has 0 saturated carbocycles. The smallest absolute Gasteiger partial charge is 0.402 e. The number of hydrazine groups is 2. The molecule has 2 aromatic heterocycles. The summed E-state index contributed by atoms with van der Waals surface area (Å²) in [5.41, 5.74) is 8.08. The number of primary amides is 1. The maximum Gasteiger partial charge on any atom is 0.573 e. The Balaban J connectivity index is 1.67. The third kappa shape index (κ3) is 6.35. The van der Waals surface area contributed by atoms with Crippen LogP contribution in [0.4, 0.5) is 32.0 Å². The Morgan fingerprint density at radius 2 is 1.85 bits per heavy atom. The molecule has 4 rings (SSSR count). The summed E-state index contributed by atoms with van der Waals surface area (Å²) in [6, 6.07) is 6.09. The highest BCUT2D eigenvalue weighted by Gasteiger charge is 2.47. The van der Waals surface area contributed by atoms with Crippen molar-refractivity contribution in [3.63, 3.8) is 0 Å². The molecule has 40 heavy (non-hydrogen) atoms. The van der Waals surface area contributed by atoms with Crippen molar-refractivity contribution in [2.24, 2.45) is 5.73 Å². The van der Waals surface area contributed by atoms with E-state index in [4.69, 9.17) is 17.3 Å². The van der Waals surface area contributed by atoms with Crippen molar-refractivity contribution in [2.75, 3.05) is 5.01 Å². The summed E-state index contributed by atoms with van der Waals surface area (Å²) in [5.74, 6) is -4.66. The van der Waals surface area contributed by atoms with Gasteiger partial charge in [-0.2, -0.15) is 17.9 Å². The number of aliphatic hydroxyl groups is 1. The molecule has 0 aliphatic carbocycles. The fourth-order valence-corrected chi connectivity index (χ4v) is 3.79. The number of nitrogens with one attached hydrogen (secondary N) is 1. The minimum Gasteiger partial charge on any atom is -0.402 e. The van der Waals surface area contributed by atoms with Gasteiger partial charge in [0, 0.05) is 17.6 Å². The van der Waals surface area contributed by atoms with Gasteiger partial charge >= 0.3 is 12.5 Å². The van der Waals surface area contributed by atoms with E-state index in [0.717, 1.165) is 28.3 Å². The van der Waals surface area contributed by atoms with Crippen molar-refractivity contribution >= 4 is 29.1 Å². The van der Waals surface area contributed by atoms with Crippen LogP contribution in [0.1, 0.15) is 22.9 Å². The van der Waals surface area contributed by atoms with E-state index < -0.39 is 66.9 Å². The van der Waals surface area contributed by atoms with E-state index in [1.807, 2.05) is 0 Å². The summed E-state index contributed by atoms with van der Waals surface area (Å²) in [6.45, 7) is -0.600. The number of benzene rings is 1. The molecule has 4 N–H and O–H groups in total. The lowest BCUT2D eigenvalue weighted by atomic mass is 10.1. The zero-order chi connectivity index (χ0) is 29.4. The van der Waals surface area contributed by atoms with E-state index >= 15 is 0 Å². The molecule has 214 valence electrons. The third-order valence-corrected chi connectivity index (χ3v) is 5.62. The number of amides is 2. The summed E-state index contributed by atoms with van der Waals surface area (Å²) >= 11 is 5.87. The molecule has 1 fully saturated rings. The molecule has 1 saturated heterocycles. The normalized spacial score (nSPS) is 16.9. The predicted molar refractivity (Wildman–Crippen MR) is 122 cm³/mol. The largest absolute Gasteiger partial charge is 0.573 e. The summed E-state index contributed by atoms with van der Waals surface area (Å²) in [5, 5.41) is 15.7. The molecule has 3 aromatic rings. The van der Waals surface area contributed by atoms with E-state index in [0.29, 0.717) is 9.70 Å². The number of carbonyl (C=O) groups is 2. The van der Waals surface area contributed by atoms with Gasteiger partial charge in [0.1, 0.15) is 12.6 Å². The monoisotopic (exact) mass is 594 g/mol. The van der Waals surface area contributed by atoms with Crippen molar-refractivity contribution < 1.29 is 45.8 Å². The number of aliphatic hydroxyl groups excluding tert-OH is 1. The molecule has 19 heteroatoms. The summed E-state index contributed by atoms with van der Waals surface area (Å²) in [4.78, 5) is 32.7. The second kappa shape index (κ2) is 10.8. The van der Waals surface area contributed by atoms with Crippen molar-refractivity contribution in [1.82, 2.24) is 30.3 Å². The molecule has 2 atom stereocenters. The molecule has 1 aliphatic heterocycles. The SMILES string of the molecule is NC(=O)c1nc(CN2NN(c3ccc(Cl)cc3)C(C[C@H](O)C(F)(F)F)C2=O)nn1-c1ncccc1OC(F)(F)F. The Bertz CT molecular complexity index is 1400. The first-order valence-electron chi connectivity index (χ1n) is 11.0. The van der Waals surface area contributed by atoms with Gasteiger partial charge in [-0.25, -0.2) is 9.97 Å². The molecular weight excluding hydrogens is 578 g/mol. The van der Waals surface area contributed by atoms with Crippen molar-refractivity contribution in [1.29, 1.82) is 0 Å². The van der Waals surface area contributed by atoms with Crippen LogP contribution in [0.2, 0.25) is 5.02 Å². The fourth-order valence-electron chi connectivity index (χ4n) is 3.66. The van der Waals surface area contributed by atoms with Gasteiger partial charge in [0.25, 0.3) is 11.8 Å². The summed E-state index contributed by atoms with van der Waals surface area (Å²) < 4.78 is 82.4. The van der Waals surface area contributed by atoms with E-state index in [2.05, 4.69) is 25.3 Å². The van der Waals surface area contributed by atoms with Crippen molar-refractivity contribution in [3.8, 4) is 11.6 Å². The quantitative estimate of drug-likeness (QED) is 0.334. The number of hydrogen-bond donors (Lipinski definition) is 3. The second-order valence-corrected chi connectivity index (χ2v) is 8.62. The van der Waals surface area contributed by atoms with E-state index in [9.17, 15) is 41.0 Å². The fraction of sp³-hybridized carbons (Fsp3) is 0.286. The average Bonchev–Trinajstić information content (AvgIpc) is 3.40. The Morgan fingerprint density at radius 3 is 2.45 bits per heavy atom. The van der Waals surface area contributed by atoms with Gasteiger partial charge in [0.2, 0.25) is 5.82 Å². The third-order valence-electron chi connectivity index (χ3n) is 5.37. The highest BCUT2D eigenvalue weighted by atomic mass is 35.5. The Kier molecular flexibility index (Phi) is 7.77. The van der Waals surface area contributed by atoms with E-state index in [1.54, 1.807) is 0 Å².